The van der Waals surface area contributed by atoms with Crippen LogP contribution in [-0.2, 0) is 38.0 Å². The average molecular weight is 661 g/mol. The molecule has 0 aliphatic carbocycles. The molecule has 2 atom stereocenters. The van der Waals surface area contributed by atoms with E-state index >= 15 is 0 Å². The monoisotopic (exact) mass is 661 g/mol. The lowest BCUT2D eigenvalue weighted by molar-refractivity contribution is -0.415. The van der Waals surface area contributed by atoms with E-state index in [9.17, 15) is 4.79 Å². The molecular formula is C38H76O8. The first-order valence-electron chi connectivity index (χ1n) is 18.6. The molecule has 8 heteroatoms. The van der Waals surface area contributed by atoms with Gasteiger partial charge in [0.1, 0.15) is 6.10 Å². The van der Waals surface area contributed by atoms with Crippen molar-refractivity contribution in [2.75, 3.05) is 47.3 Å². The summed E-state index contributed by atoms with van der Waals surface area (Å²) in [5.41, 5.74) is 0.442. The summed E-state index contributed by atoms with van der Waals surface area (Å²) < 4.78 is 39.9. The van der Waals surface area contributed by atoms with E-state index in [0.717, 1.165) is 32.1 Å². The molecule has 0 fully saturated rings. The topological polar surface area (TPSA) is 81.7 Å². The lowest BCUT2D eigenvalue weighted by Crippen LogP contribution is -2.51. The lowest BCUT2D eigenvalue weighted by atomic mass is 9.88. The van der Waals surface area contributed by atoms with Crippen molar-refractivity contribution in [1.29, 1.82) is 0 Å². The minimum Gasteiger partial charge on any atom is -0.462 e. The number of carbonyl (C=O) groups is 1. The van der Waals surface area contributed by atoms with Crippen molar-refractivity contribution >= 4 is 5.97 Å². The second kappa shape index (κ2) is 31.3. The molecule has 0 saturated carbocycles. The summed E-state index contributed by atoms with van der Waals surface area (Å²) in [6.45, 7) is 22.3. The van der Waals surface area contributed by atoms with Gasteiger partial charge in [-0.2, -0.15) is 0 Å². The molecule has 0 saturated heterocycles. The van der Waals surface area contributed by atoms with E-state index in [0.29, 0.717) is 44.5 Å². The summed E-state index contributed by atoms with van der Waals surface area (Å²) in [7, 11) is 3.39. The van der Waals surface area contributed by atoms with E-state index in [1.807, 2.05) is 34.6 Å². The van der Waals surface area contributed by atoms with Crippen molar-refractivity contribution in [2.45, 2.75) is 176 Å². The van der Waals surface area contributed by atoms with Gasteiger partial charge in [0, 0.05) is 52.1 Å². The minimum absolute atomic E-state index is 0.177. The Morgan fingerprint density at radius 2 is 1.07 bits per heavy atom. The Kier molecular flexibility index (Phi) is 32.0. The zero-order valence-electron chi connectivity index (χ0n) is 32.0. The molecule has 0 radical (unpaired) electrons. The average Bonchev–Trinajstić information content (AvgIpc) is 3.04. The van der Waals surface area contributed by atoms with Crippen molar-refractivity contribution in [1.82, 2.24) is 0 Å². The first-order chi connectivity index (χ1) is 22.1. The lowest BCUT2D eigenvalue weighted by Gasteiger charge is -2.38. The Labute approximate surface area is 285 Å². The van der Waals surface area contributed by atoms with Gasteiger partial charge in [0.05, 0.1) is 6.61 Å². The molecule has 0 aromatic carbocycles. The molecule has 0 N–H and O–H groups in total. The van der Waals surface area contributed by atoms with E-state index in [4.69, 9.17) is 33.2 Å². The Morgan fingerprint density at radius 3 is 1.48 bits per heavy atom. The van der Waals surface area contributed by atoms with Gasteiger partial charge in [-0.15, -0.1) is 0 Å². The maximum Gasteiger partial charge on any atom is 0.333 e. The van der Waals surface area contributed by atoms with Crippen LogP contribution in [0.15, 0.2) is 12.2 Å². The molecule has 0 rings (SSSR count). The highest BCUT2D eigenvalue weighted by Crippen LogP contribution is 2.31. The van der Waals surface area contributed by atoms with Gasteiger partial charge < -0.3 is 33.2 Å². The molecule has 0 aromatic heterocycles. The zero-order chi connectivity index (χ0) is 35.1. The Bertz CT molecular complexity index is 677. The van der Waals surface area contributed by atoms with Crippen LogP contribution in [0, 0.1) is 5.92 Å². The van der Waals surface area contributed by atoms with Crippen LogP contribution in [0.4, 0.5) is 0 Å². The van der Waals surface area contributed by atoms with Gasteiger partial charge in [-0.05, 0) is 67.2 Å². The van der Waals surface area contributed by atoms with E-state index in [2.05, 4.69) is 20.4 Å². The van der Waals surface area contributed by atoms with Gasteiger partial charge in [0.15, 0.2) is 5.79 Å². The molecule has 46 heavy (non-hydrogen) atoms. The van der Waals surface area contributed by atoms with E-state index < -0.39 is 11.8 Å². The van der Waals surface area contributed by atoms with E-state index in [1.54, 1.807) is 21.1 Å². The summed E-state index contributed by atoms with van der Waals surface area (Å²) in [4.78, 5) is 11.4. The Balaban J connectivity index is 0. The van der Waals surface area contributed by atoms with Crippen molar-refractivity contribution in [3.05, 3.63) is 12.2 Å². The molecular weight excluding hydrogens is 584 g/mol. The van der Waals surface area contributed by atoms with Crippen molar-refractivity contribution in [3.8, 4) is 0 Å². The fourth-order valence-corrected chi connectivity index (χ4v) is 5.56. The van der Waals surface area contributed by atoms with Gasteiger partial charge in [-0.25, -0.2) is 4.79 Å². The zero-order valence-corrected chi connectivity index (χ0v) is 32.0. The van der Waals surface area contributed by atoms with Gasteiger partial charge in [-0.3, -0.25) is 0 Å². The van der Waals surface area contributed by atoms with E-state index in [1.165, 1.54) is 70.6 Å². The normalized spacial score (nSPS) is 13.2. The third kappa shape index (κ3) is 21.8. The van der Waals surface area contributed by atoms with Crippen LogP contribution in [0.2, 0.25) is 0 Å². The number of rotatable bonds is 31. The summed E-state index contributed by atoms with van der Waals surface area (Å²) in [5, 5.41) is 0. The number of carbonyl (C=O) groups excluding carboxylic acids is 1. The van der Waals surface area contributed by atoms with Crippen LogP contribution in [0.25, 0.3) is 0 Å². The number of methoxy groups -OCH3 is 2. The third-order valence-electron chi connectivity index (χ3n) is 8.36. The van der Waals surface area contributed by atoms with Crippen molar-refractivity contribution < 1.29 is 38.0 Å². The quantitative estimate of drug-likeness (QED) is 0.0314. The maximum absolute atomic E-state index is 11.4. The number of hydrogen-bond donors (Lipinski definition) is 0. The van der Waals surface area contributed by atoms with Crippen molar-refractivity contribution in [2.24, 2.45) is 5.92 Å². The molecule has 0 heterocycles. The van der Waals surface area contributed by atoms with Crippen LogP contribution in [0.5, 0.6) is 0 Å². The number of unbranched alkanes of at least 4 members (excludes halogenated alkanes) is 10. The van der Waals surface area contributed by atoms with Gasteiger partial charge >= 0.3 is 11.9 Å². The van der Waals surface area contributed by atoms with Gasteiger partial charge in [-0.1, -0.05) is 97.5 Å². The van der Waals surface area contributed by atoms with Gasteiger partial charge in [0.2, 0.25) is 0 Å². The van der Waals surface area contributed by atoms with Crippen LogP contribution in [-0.4, -0.2) is 71.1 Å². The van der Waals surface area contributed by atoms with Crippen LogP contribution >= 0.6 is 0 Å². The fraction of sp³-hybridized carbons (Fsp3) is 0.921. The standard InChI is InChI=1S/C20H38O4.C18H38O4/c1-7-8-9-10-11-12-14-18(20(4,22-5)23-6)15-13-16-24-19(21)17(2)3;1-6-11-12-13-14-15-16-17(19-7-2)18(20-8-3,21-9-4)22-10-5/h18H,2,7-16H2,1,3-6H3;17H,6-16H2,1-5H3. The second-order valence-electron chi connectivity index (χ2n) is 12.1. The number of ether oxygens (including phenoxy) is 7. The molecule has 0 spiro atoms. The van der Waals surface area contributed by atoms with E-state index in [-0.39, 0.29) is 12.1 Å². The molecule has 0 amide bonds. The van der Waals surface area contributed by atoms with Gasteiger partial charge in [0.25, 0.3) is 0 Å². The predicted molar refractivity (Wildman–Crippen MR) is 190 cm³/mol. The molecule has 0 aromatic rings. The molecule has 8 nitrogen and oxygen atoms in total. The summed E-state index contributed by atoms with van der Waals surface area (Å²) in [6, 6.07) is 0. The summed E-state index contributed by atoms with van der Waals surface area (Å²) in [5.74, 6) is -1.66. The molecule has 0 aliphatic rings. The highest BCUT2D eigenvalue weighted by Gasteiger charge is 2.42. The highest BCUT2D eigenvalue weighted by atomic mass is 16.9. The maximum atomic E-state index is 11.4. The van der Waals surface area contributed by atoms with Crippen molar-refractivity contribution in [3.63, 3.8) is 0 Å². The molecule has 0 bridgehead atoms. The fourth-order valence-electron chi connectivity index (χ4n) is 5.56. The van der Waals surface area contributed by atoms with Crippen LogP contribution < -0.4 is 0 Å². The molecule has 276 valence electrons. The summed E-state index contributed by atoms with van der Waals surface area (Å²) >= 11 is 0. The number of esters is 1. The SMILES string of the molecule is C=C(C)C(=O)OCCCC(CCCCCCCC)C(C)(OC)OC.CCCCCCCCC(OCC)C(OCC)(OCC)OCC. The Hall–Kier alpha value is -1.03. The highest BCUT2D eigenvalue weighted by molar-refractivity contribution is 5.86. The second-order valence-corrected chi connectivity index (χ2v) is 12.1. The van der Waals surface area contributed by atoms with Crippen LogP contribution in [0.1, 0.15) is 158 Å². The molecule has 0 aliphatic heterocycles. The first-order valence-corrected chi connectivity index (χ1v) is 18.6. The minimum atomic E-state index is -1.06. The smallest absolute Gasteiger partial charge is 0.333 e. The Morgan fingerprint density at radius 1 is 0.630 bits per heavy atom. The summed E-state index contributed by atoms with van der Waals surface area (Å²) in [6.07, 6.45) is 18.7. The molecule has 2 unspecified atom stereocenters. The third-order valence-corrected chi connectivity index (χ3v) is 8.36. The first kappa shape index (κ1) is 47.1. The number of hydrogen-bond acceptors (Lipinski definition) is 8. The van der Waals surface area contributed by atoms with Crippen LogP contribution in [0.3, 0.4) is 0 Å². The predicted octanol–water partition coefficient (Wildman–Crippen LogP) is 10.2. The largest absolute Gasteiger partial charge is 0.462 e.